The van der Waals surface area contributed by atoms with Crippen molar-refractivity contribution < 1.29 is 40.4 Å². The van der Waals surface area contributed by atoms with Crippen LogP contribution in [0.1, 0.15) is 80.4 Å². The van der Waals surface area contributed by atoms with Crippen LogP contribution in [-0.4, -0.2) is 49.3 Å². The van der Waals surface area contributed by atoms with Crippen molar-refractivity contribution in [2.45, 2.75) is 87.8 Å². The van der Waals surface area contributed by atoms with E-state index in [-0.39, 0.29) is 35.7 Å². The Morgan fingerprint density at radius 1 is 1.00 bits per heavy atom. The molecule has 2 aliphatic heterocycles. The highest BCUT2D eigenvalue weighted by Crippen LogP contribution is 2.48. The van der Waals surface area contributed by atoms with Crippen molar-refractivity contribution in [3.8, 4) is 5.75 Å². The number of amides is 1. The van der Waals surface area contributed by atoms with Crippen LogP contribution in [0, 0.1) is 11.8 Å². The molecule has 4 aliphatic rings. The Balaban J connectivity index is 0.00000337. The molecule has 2 heterocycles. The number of carbonyl (C=O) groups excluding carboxylic acids is 1. The van der Waals surface area contributed by atoms with Gasteiger partial charge >= 0.3 is 6.18 Å². The first-order chi connectivity index (χ1) is 19.4. The van der Waals surface area contributed by atoms with Crippen molar-refractivity contribution in [2.24, 2.45) is 11.8 Å². The molecule has 3 fully saturated rings. The molecule has 1 spiro atoms. The normalized spacial score (nSPS) is 28.7. The second kappa shape index (κ2) is 12.5. The lowest BCUT2D eigenvalue weighted by molar-refractivity contribution is -0.640. The molecule has 4 nitrogen and oxygen atoms in total. The summed E-state index contributed by atoms with van der Waals surface area (Å²) in [6.45, 7) is 1.04. The number of hydrogen-bond donors (Lipinski definition) is 1. The zero-order valence-electron chi connectivity index (χ0n) is 23.7. The van der Waals surface area contributed by atoms with Crippen LogP contribution in [0.2, 0.25) is 0 Å². The third-order valence-electron chi connectivity index (χ3n) is 10.4. The standard InChI is InChI=1S/C33H41F3N2O2.ClH/c34-33(35,36)22-40-30-15-7-14-27-26(30)13-8-17-32(27)21-37-20-28(32)31(39)38-18-16-25(23-9-3-1-4-10-23)19-29(38)24-11-5-2-6-12-24;/h1,3-4,7,9-10,14-15,24-25,28-29,37H,2,5-6,8,11-13,16-22H2;1H/t25-,28+,29+,32+;/m1./s1. The van der Waals surface area contributed by atoms with E-state index < -0.39 is 12.8 Å². The van der Waals surface area contributed by atoms with Gasteiger partial charge in [-0.1, -0.05) is 61.7 Å². The van der Waals surface area contributed by atoms with Gasteiger partial charge in [0.25, 0.3) is 0 Å². The highest BCUT2D eigenvalue weighted by Gasteiger charge is 2.55. The van der Waals surface area contributed by atoms with Crippen molar-refractivity contribution in [1.82, 2.24) is 4.90 Å². The van der Waals surface area contributed by atoms with E-state index in [4.69, 9.17) is 4.74 Å². The van der Waals surface area contributed by atoms with Gasteiger partial charge in [-0.15, -0.1) is 0 Å². The van der Waals surface area contributed by atoms with E-state index in [0.717, 1.165) is 56.4 Å². The predicted molar refractivity (Wildman–Crippen MR) is 148 cm³/mol. The number of benzene rings is 2. The minimum absolute atomic E-state index is 0. The van der Waals surface area contributed by atoms with E-state index in [1.807, 2.05) is 6.07 Å². The average Bonchev–Trinajstić information content (AvgIpc) is 3.40. The van der Waals surface area contributed by atoms with Gasteiger partial charge in [0.05, 0.1) is 18.5 Å². The number of hydrogen-bond acceptors (Lipinski definition) is 2. The van der Waals surface area contributed by atoms with E-state index in [2.05, 4.69) is 46.6 Å². The molecule has 2 aromatic carbocycles. The zero-order chi connectivity index (χ0) is 27.7. The lowest BCUT2D eigenvalue weighted by Crippen LogP contribution is -3.00. The quantitative estimate of drug-likeness (QED) is 0.582. The van der Waals surface area contributed by atoms with Gasteiger partial charge in [0.15, 0.2) is 6.61 Å². The van der Waals surface area contributed by atoms with Gasteiger partial charge in [-0.25, -0.2) is 0 Å². The monoisotopic (exact) mass is 590 g/mol. The number of alkyl halides is 3. The SMILES string of the molecule is O=C([C@@H]1C[NH2+]C[C@]12CCCc1c(OCC(F)(F)F)cccc12)N1CC[C@@H](c2ccccc2)C[C@H]1C1CCCCC1.[Cl-]. The van der Waals surface area contributed by atoms with Crippen LogP contribution in [-0.2, 0) is 16.6 Å². The van der Waals surface area contributed by atoms with Crippen molar-refractivity contribution in [3.63, 3.8) is 0 Å². The third kappa shape index (κ3) is 6.13. The van der Waals surface area contributed by atoms with Crippen LogP contribution in [0.4, 0.5) is 13.2 Å². The molecular formula is C33H42ClF3N2O2. The van der Waals surface area contributed by atoms with Crippen LogP contribution in [0.5, 0.6) is 5.75 Å². The van der Waals surface area contributed by atoms with E-state index in [0.29, 0.717) is 24.0 Å². The number of halogens is 4. The molecule has 0 unspecified atom stereocenters. The van der Waals surface area contributed by atoms with Crippen molar-refractivity contribution in [3.05, 3.63) is 65.2 Å². The fraction of sp³-hybridized carbons (Fsp3) is 0.606. The molecule has 0 aromatic heterocycles. The van der Waals surface area contributed by atoms with Gasteiger partial charge in [-0.2, -0.15) is 13.2 Å². The summed E-state index contributed by atoms with van der Waals surface area (Å²) < 4.78 is 44.3. The van der Waals surface area contributed by atoms with Crippen molar-refractivity contribution in [2.75, 3.05) is 26.2 Å². The molecule has 224 valence electrons. The Morgan fingerprint density at radius 3 is 2.54 bits per heavy atom. The number of nitrogens with two attached hydrogens (primary N) is 1. The predicted octanol–water partition coefficient (Wildman–Crippen LogP) is 2.75. The number of nitrogens with zero attached hydrogens (tertiary/aromatic N) is 1. The van der Waals surface area contributed by atoms with Gasteiger partial charge in [-0.3, -0.25) is 4.79 Å². The summed E-state index contributed by atoms with van der Waals surface area (Å²) in [5.74, 6) is 1.46. The summed E-state index contributed by atoms with van der Waals surface area (Å²) >= 11 is 0. The Labute approximate surface area is 247 Å². The molecule has 41 heavy (non-hydrogen) atoms. The fourth-order valence-corrected chi connectivity index (χ4v) is 8.55. The first-order valence-corrected chi connectivity index (χ1v) is 15.3. The highest BCUT2D eigenvalue weighted by atomic mass is 35.5. The molecular weight excluding hydrogens is 549 g/mol. The number of rotatable bonds is 5. The fourth-order valence-electron chi connectivity index (χ4n) is 8.55. The lowest BCUT2D eigenvalue weighted by atomic mass is 9.63. The zero-order valence-corrected chi connectivity index (χ0v) is 24.4. The summed E-state index contributed by atoms with van der Waals surface area (Å²) in [6, 6.07) is 16.6. The Kier molecular flexibility index (Phi) is 9.25. The highest BCUT2D eigenvalue weighted by molar-refractivity contribution is 5.82. The first kappa shape index (κ1) is 30.2. The lowest BCUT2D eigenvalue weighted by Gasteiger charge is -2.47. The number of carbonyl (C=O) groups is 1. The van der Waals surface area contributed by atoms with E-state index in [1.165, 1.54) is 37.7 Å². The van der Waals surface area contributed by atoms with E-state index >= 15 is 0 Å². The minimum Gasteiger partial charge on any atom is -1.00 e. The van der Waals surface area contributed by atoms with Crippen LogP contribution >= 0.6 is 0 Å². The third-order valence-corrected chi connectivity index (χ3v) is 10.4. The maximum atomic E-state index is 14.6. The maximum absolute atomic E-state index is 14.6. The summed E-state index contributed by atoms with van der Waals surface area (Å²) in [5.41, 5.74) is 2.95. The van der Waals surface area contributed by atoms with Gasteiger partial charge in [0.2, 0.25) is 5.91 Å². The summed E-state index contributed by atoms with van der Waals surface area (Å²) in [4.78, 5) is 16.9. The van der Waals surface area contributed by atoms with E-state index in [9.17, 15) is 18.0 Å². The van der Waals surface area contributed by atoms with Gasteiger partial charge in [-0.05, 0) is 79.5 Å². The van der Waals surface area contributed by atoms with E-state index in [1.54, 1.807) is 6.07 Å². The molecule has 2 aliphatic carbocycles. The molecule has 2 saturated heterocycles. The van der Waals surface area contributed by atoms with Crippen LogP contribution in [0.15, 0.2) is 48.5 Å². The van der Waals surface area contributed by atoms with Crippen LogP contribution in [0.25, 0.3) is 0 Å². The number of piperidine rings is 1. The molecule has 6 rings (SSSR count). The van der Waals surface area contributed by atoms with Crippen molar-refractivity contribution >= 4 is 5.91 Å². The van der Waals surface area contributed by atoms with Crippen molar-refractivity contribution in [1.29, 1.82) is 0 Å². The first-order valence-electron chi connectivity index (χ1n) is 15.3. The Morgan fingerprint density at radius 2 is 1.78 bits per heavy atom. The van der Waals surface area contributed by atoms with Crippen LogP contribution in [0.3, 0.4) is 0 Å². The Bertz CT molecular complexity index is 1190. The average molecular weight is 591 g/mol. The molecule has 0 radical (unpaired) electrons. The largest absolute Gasteiger partial charge is 1.00 e. The molecule has 0 bridgehead atoms. The topological polar surface area (TPSA) is 46.1 Å². The Hall–Kier alpha value is -2.25. The molecule has 2 aromatic rings. The molecule has 1 amide bonds. The molecule has 2 N–H and O–H groups in total. The second-order valence-corrected chi connectivity index (χ2v) is 12.6. The maximum Gasteiger partial charge on any atom is 0.422 e. The second-order valence-electron chi connectivity index (χ2n) is 12.6. The summed E-state index contributed by atoms with van der Waals surface area (Å²) in [6.07, 6.45) is 6.24. The number of quaternary nitrogens is 1. The summed E-state index contributed by atoms with van der Waals surface area (Å²) in [7, 11) is 0. The summed E-state index contributed by atoms with van der Waals surface area (Å²) in [5, 5.41) is 2.26. The smallest absolute Gasteiger partial charge is 0.422 e. The minimum atomic E-state index is -4.38. The van der Waals surface area contributed by atoms with Crippen LogP contribution < -0.4 is 22.5 Å². The molecule has 4 atom stereocenters. The number of ether oxygens (including phenoxy) is 1. The van der Waals surface area contributed by atoms with Gasteiger partial charge < -0.3 is 27.4 Å². The van der Waals surface area contributed by atoms with Gasteiger partial charge in [0.1, 0.15) is 11.7 Å². The number of likely N-dealkylation sites (tertiary alicyclic amines) is 1. The molecule has 8 heteroatoms. The van der Waals surface area contributed by atoms with Gasteiger partial charge in [0, 0.05) is 12.6 Å². The molecule has 1 saturated carbocycles. The number of fused-ring (bicyclic) bond motifs is 2.